The molecule has 0 unspecified atom stereocenters. The lowest BCUT2D eigenvalue weighted by atomic mass is 10.1. The monoisotopic (exact) mass is 315 g/mol. The number of carboxylic acid groups (broad SMARTS) is 1. The van der Waals surface area contributed by atoms with Crippen molar-refractivity contribution in [3.05, 3.63) is 35.4 Å². The van der Waals surface area contributed by atoms with Crippen LogP contribution in [0.1, 0.15) is 18.4 Å². The fourth-order valence-electron chi connectivity index (χ4n) is 1.71. The van der Waals surface area contributed by atoms with E-state index in [1.165, 1.54) is 0 Å². The second kappa shape index (κ2) is 8.06. The molecule has 0 aromatic heterocycles. The van der Waals surface area contributed by atoms with Crippen molar-refractivity contribution in [2.24, 2.45) is 0 Å². The molecule has 1 rings (SSSR count). The van der Waals surface area contributed by atoms with Crippen molar-refractivity contribution in [1.29, 1.82) is 0 Å². The summed E-state index contributed by atoms with van der Waals surface area (Å²) in [6.45, 7) is 0. The summed E-state index contributed by atoms with van der Waals surface area (Å²) in [6, 6.07) is 1.44. The van der Waals surface area contributed by atoms with E-state index in [0.717, 1.165) is 19.2 Å². The normalized spacial score (nSPS) is 11.6. The minimum absolute atomic E-state index is 0.0593. The molecule has 2 N–H and O–H groups in total. The first kappa shape index (κ1) is 17.5. The van der Waals surface area contributed by atoms with E-state index in [-0.39, 0.29) is 18.4 Å². The van der Waals surface area contributed by atoms with Crippen LogP contribution in [0, 0.1) is 11.6 Å². The van der Waals surface area contributed by atoms with Gasteiger partial charge < -0.3 is 15.2 Å². The maximum absolute atomic E-state index is 13.4. The van der Waals surface area contributed by atoms with Crippen molar-refractivity contribution in [2.75, 3.05) is 7.11 Å². The number of hydrogen-bond donors (Lipinski definition) is 2. The van der Waals surface area contributed by atoms with Crippen molar-refractivity contribution >= 4 is 17.8 Å². The molecule has 6 nitrogen and oxygen atoms in total. The number of aliphatic carboxylic acids is 1. The van der Waals surface area contributed by atoms with E-state index in [9.17, 15) is 23.2 Å². The van der Waals surface area contributed by atoms with Crippen LogP contribution < -0.4 is 5.32 Å². The summed E-state index contributed by atoms with van der Waals surface area (Å²) in [4.78, 5) is 33.7. The van der Waals surface area contributed by atoms with Crippen molar-refractivity contribution in [3.63, 3.8) is 0 Å². The van der Waals surface area contributed by atoms with Crippen molar-refractivity contribution < 1.29 is 33.0 Å². The number of hydrogen-bond acceptors (Lipinski definition) is 4. The molecule has 1 atom stereocenters. The van der Waals surface area contributed by atoms with Crippen molar-refractivity contribution in [2.45, 2.75) is 25.3 Å². The first-order valence-electron chi connectivity index (χ1n) is 6.36. The minimum atomic E-state index is -1.32. The van der Waals surface area contributed by atoms with Gasteiger partial charge in [0.05, 0.1) is 13.5 Å². The maximum Gasteiger partial charge on any atom is 0.326 e. The van der Waals surface area contributed by atoms with Gasteiger partial charge in [-0.1, -0.05) is 6.07 Å². The number of rotatable bonds is 7. The SMILES string of the molecule is COC(=O)CC[C@@H](NC(=O)Cc1ccc(F)cc1F)C(=O)O. The number of benzene rings is 1. The topological polar surface area (TPSA) is 92.7 Å². The molecule has 0 saturated heterocycles. The zero-order chi connectivity index (χ0) is 16.7. The fraction of sp³-hybridized carbons (Fsp3) is 0.357. The molecule has 0 spiro atoms. The van der Waals surface area contributed by atoms with Crippen LogP contribution in [0.5, 0.6) is 0 Å². The molecular weight excluding hydrogens is 300 g/mol. The Morgan fingerprint density at radius 1 is 1.32 bits per heavy atom. The third kappa shape index (κ3) is 5.47. The molecule has 0 heterocycles. The molecular formula is C14H15F2NO5. The molecule has 1 aromatic carbocycles. The van der Waals surface area contributed by atoms with Crippen LogP contribution in [0.4, 0.5) is 8.78 Å². The Morgan fingerprint density at radius 2 is 2.00 bits per heavy atom. The first-order valence-corrected chi connectivity index (χ1v) is 6.36. The van der Waals surface area contributed by atoms with E-state index in [1.54, 1.807) is 0 Å². The Labute approximate surface area is 125 Å². The van der Waals surface area contributed by atoms with E-state index < -0.39 is 41.9 Å². The summed E-state index contributed by atoms with van der Waals surface area (Å²) in [6.07, 6.45) is -0.771. The molecule has 0 bridgehead atoms. The Bertz CT molecular complexity index is 576. The van der Waals surface area contributed by atoms with Gasteiger partial charge in [0.1, 0.15) is 17.7 Å². The number of carboxylic acids is 1. The van der Waals surface area contributed by atoms with Crippen LogP contribution in [0.15, 0.2) is 18.2 Å². The third-order valence-corrected chi connectivity index (χ3v) is 2.86. The molecule has 0 aliphatic rings. The smallest absolute Gasteiger partial charge is 0.326 e. The zero-order valence-corrected chi connectivity index (χ0v) is 11.8. The van der Waals surface area contributed by atoms with Gasteiger partial charge in [0.25, 0.3) is 0 Å². The van der Waals surface area contributed by atoms with Crippen molar-refractivity contribution in [1.82, 2.24) is 5.32 Å². The van der Waals surface area contributed by atoms with Gasteiger partial charge >= 0.3 is 11.9 Å². The van der Waals surface area contributed by atoms with Gasteiger partial charge in [-0.25, -0.2) is 13.6 Å². The highest BCUT2D eigenvalue weighted by Crippen LogP contribution is 2.10. The van der Waals surface area contributed by atoms with Crippen LogP contribution in [0.25, 0.3) is 0 Å². The quantitative estimate of drug-likeness (QED) is 0.733. The molecule has 0 radical (unpaired) electrons. The lowest BCUT2D eigenvalue weighted by Crippen LogP contribution is -2.41. The summed E-state index contributed by atoms with van der Waals surface area (Å²) in [5.74, 6) is -4.34. The Morgan fingerprint density at radius 3 is 2.55 bits per heavy atom. The van der Waals surface area contributed by atoms with E-state index in [2.05, 4.69) is 10.1 Å². The molecule has 22 heavy (non-hydrogen) atoms. The first-order chi connectivity index (χ1) is 10.3. The van der Waals surface area contributed by atoms with Crippen LogP contribution in [-0.4, -0.2) is 36.1 Å². The predicted octanol–water partition coefficient (Wildman–Crippen LogP) is 1.03. The number of carbonyl (C=O) groups is 3. The molecule has 0 aliphatic carbocycles. The average Bonchev–Trinajstić information content (AvgIpc) is 2.45. The minimum Gasteiger partial charge on any atom is -0.480 e. The Hall–Kier alpha value is -2.51. The molecule has 0 saturated carbocycles. The number of nitrogens with one attached hydrogen (secondary N) is 1. The fourth-order valence-corrected chi connectivity index (χ4v) is 1.71. The Kier molecular flexibility index (Phi) is 6.43. The van der Waals surface area contributed by atoms with Crippen LogP contribution in [-0.2, 0) is 25.5 Å². The lowest BCUT2D eigenvalue weighted by Gasteiger charge is -2.14. The summed E-state index contributed by atoms with van der Waals surface area (Å²) < 4.78 is 30.5. The highest BCUT2D eigenvalue weighted by molar-refractivity contribution is 5.85. The summed E-state index contributed by atoms with van der Waals surface area (Å²) in [5, 5.41) is 11.2. The van der Waals surface area contributed by atoms with Gasteiger partial charge in [0.15, 0.2) is 0 Å². The van der Waals surface area contributed by atoms with E-state index >= 15 is 0 Å². The lowest BCUT2D eigenvalue weighted by molar-refractivity contribution is -0.144. The highest BCUT2D eigenvalue weighted by Gasteiger charge is 2.21. The second-order valence-corrected chi connectivity index (χ2v) is 4.49. The standard InChI is InChI=1S/C14H15F2NO5/c1-22-13(19)5-4-11(14(20)21)17-12(18)6-8-2-3-9(15)7-10(8)16/h2-3,7,11H,4-6H2,1H3,(H,17,18)(H,20,21)/t11-/m1/s1. The van der Waals surface area contributed by atoms with Gasteiger partial charge in [0.2, 0.25) is 5.91 Å². The number of esters is 1. The van der Waals surface area contributed by atoms with Crippen LogP contribution >= 0.6 is 0 Å². The van der Waals surface area contributed by atoms with Gasteiger partial charge in [-0.05, 0) is 18.1 Å². The van der Waals surface area contributed by atoms with Gasteiger partial charge in [0, 0.05) is 12.5 Å². The van der Waals surface area contributed by atoms with Gasteiger partial charge in [-0.2, -0.15) is 0 Å². The molecule has 120 valence electrons. The second-order valence-electron chi connectivity index (χ2n) is 4.49. The average molecular weight is 315 g/mol. The van der Waals surface area contributed by atoms with E-state index in [4.69, 9.17) is 5.11 Å². The zero-order valence-electron chi connectivity index (χ0n) is 11.8. The van der Waals surface area contributed by atoms with E-state index in [1.807, 2.05) is 0 Å². The molecule has 0 fully saturated rings. The number of amides is 1. The molecule has 0 aliphatic heterocycles. The molecule has 1 aromatic rings. The summed E-state index contributed by atoms with van der Waals surface area (Å²) in [5.41, 5.74) is -0.0593. The largest absolute Gasteiger partial charge is 0.480 e. The van der Waals surface area contributed by atoms with Crippen LogP contribution in [0.2, 0.25) is 0 Å². The predicted molar refractivity (Wildman–Crippen MR) is 70.9 cm³/mol. The maximum atomic E-state index is 13.4. The number of carbonyl (C=O) groups excluding carboxylic acids is 2. The van der Waals surface area contributed by atoms with Gasteiger partial charge in [-0.3, -0.25) is 9.59 Å². The Balaban J connectivity index is 2.63. The van der Waals surface area contributed by atoms with Gasteiger partial charge in [-0.15, -0.1) is 0 Å². The van der Waals surface area contributed by atoms with Crippen molar-refractivity contribution in [3.8, 4) is 0 Å². The number of ether oxygens (including phenoxy) is 1. The highest BCUT2D eigenvalue weighted by atomic mass is 19.1. The number of halogens is 2. The summed E-state index contributed by atoms with van der Waals surface area (Å²) >= 11 is 0. The van der Waals surface area contributed by atoms with Crippen LogP contribution in [0.3, 0.4) is 0 Å². The third-order valence-electron chi connectivity index (χ3n) is 2.86. The number of methoxy groups -OCH3 is 1. The molecule has 8 heteroatoms. The molecule has 1 amide bonds. The van der Waals surface area contributed by atoms with E-state index in [0.29, 0.717) is 6.07 Å². The summed E-state index contributed by atoms with van der Waals surface area (Å²) in [7, 11) is 1.16.